The van der Waals surface area contributed by atoms with Crippen molar-refractivity contribution >= 4 is 11.9 Å². The minimum absolute atomic E-state index is 0.0485. The quantitative estimate of drug-likeness (QED) is 0.848. The van der Waals surface area contributed by atoms with Crippen LogP contribution in [0.25, 0.3) is 11.3 Å². The summed E-state index contributed by atoms with van der Waals surface area (Å²) in [6.45, 7) is 2.56. The summed E-state index contributed by atoms with van der Waals surface area (Å²) in [4.78, 5) is 41.5. The van der Waals surface area contributed by atoms with Crippen LogP contribution in [-0.2, 0) is 4.79 Å². The van der Waals surface area contributed by atoms with Gasteiger partial charge in [0, 0.05) is 18.8 Å². The molecule has 2 heterocycles. The predicted molar refractivity (Wildman–Crippen MR) is 103 cm³/mol. The summed E-state index contributed by atoms with van der Waals surface area (Å²) >= 11 is 0. The standard InChI is InChI=1S/C21H24N2O4/c1-2-11-21(20(26)27)12-6-13-23(14-21)19(25)16-9-10-17(22-18(16)24)15-7-4-3-5-8-15/h3-5,7-10H,2,6,11-14H2,1H3,(H,22,24)(H,26,27)/t21-/m1/s1. The van der Waals surface area contributed by atoms with E-state index >= 15 is 0 Å². The molecule has 0 spiro atoms. The Hall–Kier alpha value is -2.89. The number of piperidine rings is 1. The number of H-pyrrole nitrogens is 1. The van der Waals surface area contributed by atoms with Crippen LogP contribution < -0.4 is 5.56 Å². The zero-order chi connectivity index (χ0) is 19.4. The number of nitrogens with one attached hydrogen (secondary N) is 1. The van der Waals surface area contributed by atoms with Gasteiger partial charge in [-0.2, -0.15) is 0 Å². The molecule has 1 aromatic carbocycles. The fourth-order valence-corrected chi connectivity index (χ4v) is 3.87. The number of nitrogens with zero attached hydrogens (tertiary/aromatic N) is 1. The highest BCUT2D eigenvalue weighted by molar-refractivity contribution is 5.94. The van der Waals surface area contributed by atoms with Gasteiger partial charge in [0.1, 0.15) is 5.56 Å². The van der Waals surface area contributed by atoms with Crippen LogP contribution in [0, 0.1) is 5.41 Å². The van der Waals surface area contributed by atoms with Crippen LogP contribution in [0.4, 0.5) is 0 Å². The molecule has 1 aliphatic rings. The second kappa shape index (κ2) is 7.78. The molecule has 1 aromatic heterocycles. The molecule has 2 aromatic rings. The molecule has 0 bridgehead atoms. The summed E-state index contributed by atoms with van der Waals surface area (Å²) in [5.74, 6) is -1.27. The average molecular weight is 368 g/mol. The van der Waals surface area contributed by atoms with Gasteiger partial charge in [0.05, 0.1) is 5.41 Å². The maximum absolute atomic E-state index is 12.9. The minimum atomic E-state index is -0.917. The van der Waals surface area contributed by atoms with Gasteiger partial charge < -0.3 is 15.0 Å². The molecule has 0 radical (unpaired) electrons. The van der Waals surface area contributed by atoms with Gasteiger partial charge in [0.25, 0.3) is 11.5 Å². The number of pyridine rings is 1. The Morgan fingerprint density at radius 1 is 1.19 bits per heavy atom. The second-order valence-corrected chi connectivity index (χ2v) is 7.15. The highest BCUT2D eigenvalue weighted by atomic mass is 16.4. The van der Waals surface area contributed by atoms with Crippen molar-refractivity contribution in [3.8, 4) is 11.3 Å². The lowest BCUT2D eigenvalue weighted by Gasteiger charge is -2.39. The number of amides is 1. The first kappa shape index (κ1) is 18.9. The van der Waals surface area contributed by atoms with Crippen molar-refractivity contribution in [3.05, 3.63) is 58.4 Å². The molecule has 1 atom stereocenters. The molecule has 6 heteroatoms. The Morgan fingerprint density at radius 3 is 2.56 bits per heavy atom. The monoisotopic (exact) mass is 368 g/mol. The number of carbonyl (C=O) groups is 2. The fraction of sp³-hybridized carbons (Fsp3) is 0.381. The van der Waals surface area contributed by atoms with Gasteiger partial charge in [-0.15, -0.1) is 0 Å². The average Bonchev–Trinajstić information content (AvgIpc) is 2.68. The number of likely N-dealkylation sites (tertiary alicyclic amines) is 1. The summed E-state index contributed by atoms with van der Waals surface area (Å²) in [5, 5.41) is 9.70. The molecule has 27 heavy (non-hydrogen) atoms. The second-order valence-electron chi connectivity index (χ2n) is 7.15. The summed E-state index contributed by atoms with van der Waals surface area (Å²) in [7, 11) is 0. The molecule has 3 rings (SSSR count). The van der Waals surface area contributed by atoms with E-state index in [9.17, 15) is 19.5 Å². The van der Waals surface area contributed by atoms with Crippen molar-refractivity contribution in [2.45, 2.75) is 32.6 Å². The van der Waals surface area contributed by atoms with Gasteiger partial charge in [-0.05, 0) is 37.0 Å². The first-order chi connectivity index (χ1) is 13.0. The highest BCUT2D eigenvalue weighted by Gasteiger charge is 2.43. The number of carboxylic acid groups (broad SMARTS) is 1. The van der Waals surface area contributed by atoms with E-state index in [0.717, 1.165) is 12.0 Å². The molecule has 6 nitrogen and oxygen atoms in total. The number of aromatic amines is 1. The number of aromatic nitrogens is 1. The third-order valence-electron chi connectivity index (χ3n) is 5.27. The topological polar surface area (TPSA) is 90.5 Å². The predicted octanol–water partition coefficient (Wildman–Crippen LogP) is 3.15. The molecular formula is C21H24N2O4. The van der Waals surface area contributed by atoms with E-state index in [1.165, 1.54) is 11.0 Å². The lowest BCUT2D eigenvalue weighted by Crippen LogP contribution is -2.50. The summed E-state index contributed by atoms with van der Waals surface area (Å²) in [6.07, 6.45) is 2.44. The maximum Gasteiger partial charge on any atom is 0.311 e. The first-order valence-corrected chi connectivity index (χ1v) is 9.28. The molecule has 2 N–H and O–H groups in total. The Morgan fingerprint density at radius 2 is 1.93 bits per heavy atom. The van der Waals surface area contributed by atoms with Crippen LogP contribution in [0.2, 0.25) is 0 Å². The van der Waals surface area contributed by atoms with E-state index in [-0.39, 0.29) is 12.1 Å². The SMILES string of the molecule is CCC[C@@]1(C(=O)O)CCCN(C(=O)c2ccc(-c3ccccc3)[nH]c2=O)C1. The van der Waals surface area contributed by atoms with E-state index in [1.54, 1.807) is 6.07 Å². The fourth-order valence-electron chi connectivity index (χ4n) is 3.87. The Labute approximate surface area is 157 Å². The van der Waals surface area contributed by atoms with Crippen LogP contribution in [0.15, 0.2) is 47.3 Å². The van der Waals surface area contributed by atoms with Crippen molar-refractivity contribution in [1.82, 2.24) is 9.88 Å². The van der Waals surface area contributed by atoms with Crippen LogP contribution in [-0.4, -0.2) is 40.0 Å². The number of rotatable bonds is 5. The zero-order valence-corrected chi connectivity index (χ0v) is 15.4. The lowest BCUT2D eigenvalue weighted by molar-refractivity contribution is -0.152. The third kappa shape index (κ3) is 3.79. The van der Waals surface area contributed by atoms with Gasteiger partial charge in [0.2, 0.25) is 0 Å². The molecule has 1 saturated heterocycles. The third-order valence-corrected chi connectivity index (χ3v) is 5.27. The number of hydrogen-bond acceptors (Lipinski definition) is 3. The summed E-state index contributed by atoms with van der Waals surface area (Å²) in [6, 6.07) is 12.6. The lowest BCUT2D eigenvalue weighted by atomic mass is 9.76. The van der Waals surface area contributed by atoms with E-state index in [0.29, 0.717) is 31.5 Å². The summed E-state index contributed by atoms with van der Waals surface area (Å²) in [5.41, 5.74) is 0.177. The molecule has 0 aliphatic carbocycles. The molecule has 1 aliphatic heterocycles. The van der Waals surface area contributed by atoms with Gasteiger partial charge in [-0.25, -0.2) is 0 Å². The first-order valence-electron chi connectivity index (χ1n) is 9.28. The number of carbonyl (C=O) groups excluding carboxylic acids is 1. The number of benzene rings is 1. The van der Waals surface area contributed by atoms with Gasteiger partial charge in [0.15, 0.2) is 0 Å². The van der Waals surface area contributed by atoms with Crippen molar-refractivity contribution < 1.29 is 14.7 Å². The van der Waals surface area contributed by atoms with Crippen LogP contribution in [0.3, 0.4) is 0 Å². The van der Waals surface area contributed by atoms with Gasteiger partial charge >= 0.3 is 5.97 Å². The molecule has 0 saturated carbocycles. The zero-order valence-electron chi connectivity index (χ0n) is 15.4. The number of hydrogen-bond donors (Lipinski definition) is 2. The van der Waals surface area contributed by atoms with Crippen molar-refractivity contribution in [1.29, 1.82) is 0 Å². The van der Waals surface area contributed by atoms with E-state index in [1.807, 2.05) is 37.3 Å². The molecule has 1 fully saturated rings. The molecule has 1 amide bonds. The summed E-state index contributed by atoms with van der Waals surface area (Å²) < 4.78 is 0. The van der Waals surface area contributed by atoms with Crippen LogP contribution in [0.5, 0.6) is 0 Å². The van der Waals surface area contributed by atoms with E-state index in [4.69, 9.17) is 0 Å². The Bertz CT molecular complexity index is 887. The van der Waals surface area contributed by atoms with Gasteiger partial charge in [-0.1, -0.05) is 43.7 Å². The largest absolute Gasteiger partial charge is 0.481 e. The normalized spacial score (nSPS) is 19.7. The van der Waals surface area contributed by atoms with Crippen molar-refractivity contribution in [3.63, 3.8) is 0 Å². The Balaban J connectivity index is 1.85. The van der Waals surface area contributed by atoms with E-state index in [2.05, 4.69) is 4.98 Å². The molecular weight excluding hydrogens is 344 g/mol. The highest BCUT2D eigenvalue weighted by Crippen LogP contribution is 2.35. The molecule has 0 unspecified atom stereocenters. The van der Waals surface area contributed by atoms with Gasteiger partial charge in [-0.3, -0.25) is 14.4 Å². The smallest absolute Gasteiger partial charge is 0.311 e. The number of aliphatic carboxylic acids is 1. The maximum atomic E-state index is 12.9. The van der Waals surface area contributed by atoms with Crippen LogP contribution >= 0.6 is 0 Å². The van der Waals surface area contributed by atoms with Crippen LogP contribution in [0.1, 0.15) is 43.0 Å². The van der Waals surface area contributed by atoms with E-state index < -0.39 is 22.9 Å². The Kier molecular flexibility index (Phi) is 5.44. The van der Waals surface area contributed by atoms with Crippen molar-refractivity contribution in [2.24, 2.45) is 5.41 Å². The minimum Gasteiger partial charge on any atom is -0.481 e. The van der Waals surface area contributed by atoms with Crippen molar-refractivity contribution in [2.75, 3.05) is 13.1 Å². The molecule has 142 valence electrons. The number of carboxylic acids is 1.